The van der Waals surface area contributed by atoms with Gasteiger partial charge in [-0.15, -0.1) is 0 Å². The molecule has 3 aliphatic rings. The number of aryl methyl sites for hydroxylation is 1. The van der Waals surface area contributed by atoms with Gasteiger partial charge in [0, 0.05) is 19.5 Å². The van der Waals surface area contributed by atoms with Crippen molar-refractivity contribution in [1.82, 2.24) is 4.90 Å². The van der Waals surface area contributed by atoms with Crippen molar-refractivity contribution in [2.45, 2.75) is 129 Å². The Labute approximate surface area is 210 Å². The molecule has 0 heterocycles. The van der Waals surface area contributed by atoms with E-state index in [0.717, 1.165) is 36.5 Å². The number of hydrogen-bond donors (Lipinski definition) is 0. The average Bonchev–Trinajstić information content (AvgIpc) is 3.23. The fourth-order valence-electron chi connectivity index (χ4n) is 8.16. The maximum Gasteiger partial charge on any atom is 0.222 e. The van der Waals surface area contributed by atoms with Gasteiger partial charge in [0.15, 0.2) is 0 Å². The van der Waals surface area contributed by atoms with Crippen LogP contribution in [0.25, 0.3) is 0 Å². The summed E-state index contributed by atoms with van der Waals surface area (Å²) < 4.78 is 0. The molecular weight excluding hydrogens is 414 g/mol. The van der Waals surface area contributed by atoms with Crippen LogP contribution >= 0.6 is 0 Å². The van der Waals surface area contributed by atoms with Gasteiger partial charge in [0.2, 0.25) is 5.91 Å². The topological polar surface area (TPSA) is 20.3 Å². The van der Waals surface area contributed by atoms with Crippen LogP contribution in [-0.4, -0.2) is 23.9 Å². The zero-order valence-electron chi connectivity index (χ0n) is 22.7. The van der Waals surface area contributed by atoms with Crippen molar-refractivity contribution >= 4 is 5.91 Å². The lowest BCUT2D eigenvalue weighted by molar-refractivity contribution is -0.131. The second-order valence-corrected chi connectivity index (χ2v) is 12.7. The molecule has 1 aromatic rings. The van der Waals surface area contributed by atoms with Crippen molar-refractivity contribution in [3.8, 4) is 0 Å². The Bertz CT molecular complexity index is 800. The lowest BCUT2D eigenvalue weighted by Gasteiger charge is -2.53. The van der Waals surface area contributed by atoms with Crippen molar-refractivity contribution < 1.29 is 4.79 Å². The predicted octanol–water partition coefficient (Wildman–Crippen LogP) is 8.54. The van der Waals surface area contributed by atoms with E-state index >= 15 is 0 Å². The van der Waals surface area contributed by atoms with Crippen LogP contribution in [0, 0.1) is 23.2 Å². The fourth-order valence-corrected chi connectivity index (χ4v) is 8.16. The summed E-state index contributed by atoms with van der Waals surface area (Å²) >= 11 is 0. The molecule has 0 spiro atoms. The zero-order valence-corrected chi connectivity index (χ0v) is 22.7. The lowest BCUT2D eigenvalue weighted by Crippen LogP contribution is -2.44. The van der Waals surface area contributed by atoms with Crippen LogP contribution in [-0.2, 0) is 11.2 Å². The van der Waals surface area contributed by atoms with Gasteiger partial charge in [-0.05, 0) is 99.0 Å². The molecule has 4 rings (SSSR count). The summed E-state index contributed by atoms with van der Waals surface area (Å²) in [4.78, 5) is 14.0. The Balaban J connectivity index is 1.21. The molecule has 0 saturated heterocycles. The summed E-state index contributed by atoms with van der Waals surface area (Å²) in [5.74, 6) is 3.97. The first-order chi connectivity index (χ1) is 16.4. The van der Waals surface area contributed by atoms with E-state index in [2.05, 4.69) is 45.0 Å². The largest absolute Gasteiger partial charge is 0.343 e. The number of hydrogen-bond acceptors (Lipinski definition) is 1. The normalized spacial score (nSPS) is 30.0. The monoisotopic (exact) mass is 465 g/mol. The molecule has 0 N–H and O–H groups in total. The van der Waals surface area contributed by atoms with E-state index < -0.39 is 0 Å². The minimum Gasteiger partial charge on any atom is -0.343 e. The SMILES string of the molecule is CC(C)N(C)C(=O)CCCCCCCCC[C@H]1C[C@]2(C)CCC[C@H]2[C@@H]2CCc3ccccc3[C@@H]12. The van der Waals surface area contributed by atoms with Crippen LogP contribution in [0.5, 0.6) is 0 Å². The van der Waals surface area contributed by atoms with Gasteiger partial charge >= 0.3 is 0 Å². The Hall–Kier alpha value is -1.31. The quantitative estimate of drug-likeness (QED) is 0.300. The highest BCUT2D eigenvalue weighted by molar-refractivity contribution is 5.76. The standard InChI is InChI=1S/C32H51NO/c1-24(2)33(4)30(34)19-11-9-7-5-6-8-10-16-26-23-32(3)22-14-18-29(32)28-21-20-25-15-12-13-17-27(25)31(26)28/h12-13,15,17,24,26,28-29,31H,5-11,14,16,18-23H2,1-4H3/t26-,28-,29-,31+,32-/m0/s1. The zero-order chi connectivity index (χ0) is 24.1. The molecule has 5 atom stereocenters. The van der Waals surface area contributed by atoms with Crippen LogP contribution in [0.15, 0.2) is 24.3 Å². The summed E-state index contributed by atoms with van der Waals surface area (Å²) in [6.07, 6.45) is 19.9. The van der Waals surface area contributed by atoms with E-state index in [-0.39, 0.29) is 0 Å². The van der Waals surface area contributed by atoms with E-state index in [4.69, 9.17) is 0 Å². The van der Waals surface area contributed by atoms with Crippen LogP contribution in [0.3, 0.4) is 0 Å². The molecule has 0 radical (unpaired) electrons. The highest BCUT2D eigenvalue weighted by Crippen LogP contribution is 2.63. The second kappa shape index (κ2) is 11.6. The molecule has 2 nitrogen and oxygen atoms in total. The molecule has 2 fully saturated rings. The molecule has 0 unspecified atom stereocenters. The Morgan fingerprint density at radius 1 is 1.03 bits per heavy atom. The van der Waals surface area contributed by atoms with Gasteiger partial charge in [-0.3, -0.25) is 4.79 Å². The predicted molar refractivity (Wildman–Crippen MR) is 144 cm³/mol. The number of carbonyl (C=O) groups is 1. The maximum atomic E-state index is 12.1. The third-order valence-corrected chi connectivity index (χ3v) is 10.2. The van der Waals surface area contributed by atoms with Gasteiger partial charge in [-0.2, -0.15) is 0 Å². The summed E-state index contributed by atoms with van der Waals surface area (Å²) in [5.41, 5.74) is 4.02. The molecule has 0 aliphatic heterocycles. The fraction of sp³-hybridized carbons (Fsp3) is 0.781. The summed E-state index contributed by atoms with van der Waals surface area (Å²) in [6.45, 7) is 6.83. The number of amides is 1. The summed E-state index contributed by atoms with van der Waals surface area (Å²) in [5, 5.41) is 0. The first kappa shape index (κ1) is 25.8. The summed E-state index contributed by atoms with van der Waals surface area (Å²) in [7, 11) is 1.93. The first-order valence-corrected chi connectivity index (χ1v) is 14.7. The molecule has 1 aromatic carbocycles. The van der Waals surface area contributed by atoms with Crippen molar-refractivity contribution in [1.29, 1.82) is 0 Å². The van der Waals surface area contributed by atoms with E-state index in [1.54, 1.807) is 11.1 Å². The number of unbranched alkanes of at least 4 members (excludes halogenated alkanes) is 6. The highest BCUT2D eigenvalue weighted by Gasteiger charge is 2.53. The van der Waals surface area contributed by atoms with Gasteiger partial charge in [0.05, 0.1) is 0 Å². The van der Waals surface area contributed by atoms with Crippen molar-refractivity contribution in [2.75, 3.05) is 7.05 Å². The van der Waals surface area contributed by atoms with E-state index in [0.29, 0.717) is 17.4 Å². The van der Waals surface area contributed by atoms with Crippen LogP contribution in [0.2, 0.25) is 0 Å². The average molecular weight is 466 g/mol. The number of rotatable bonds is 11. The molecular formula is C32H51NO. The molecule has 3 aliphatic carbocycles. The van der Waals surface area contributed by atoms with Crippen LogP contribution < -0.4 is 0 Å². The van der Waals surface area contributed by atoms with Gasteiger partial charge in [0.1, 0.15) is 0 Å². The number of nitrogens with zero attached hydrogens (tertiary/aromatic N) is 1. The molecule has 0 bridgehead atoms. The minimum atomic E-state index is 0.309. The van der Waals surface area contributed by atoms with E-state index in [9.17, 15) is 4.79 Å². The van der Waals surface area contributed by atoms with Gasteiger partial charge < -0.3 is 4.90 Å². The minimum absolute atomic E-state index is 0.309. The van der Waals surface area contributed by atoms with E-state index in [1.807, 2.05) is 11.9 Å². The second-order valence-electron chi connectivity index (χ2n) is 12.7. The molecule has 0 aromatic heterocycles. The Morgan fingerprint density at radius 2 is 1.74 bits per heavy atom. The molecule has 2 saturated carbocycles. The number of fused-ring (bicyclic) bond motifs is 5. The van der Waals surface area contributed by atoms with E-state index in [1.165, 1.54) is 83.5 Å². The molecule has 190 valence electrons. The van der Waals surface area contributed by atoms with Crippen LogP contribution in [0.4, 0.5) is 0 Å². The van der Waals surface area contributed by atoms with Crippen molar-refractivity contribution in [2.24, 2.45) is 23.2 Å². The Morgan fingerprint density at radius 3 is 2.50 bits per heavy atom. The highest BCUT2D eigenvalue weighted by atomic mass is 16.2. The van der Waals surface area contributed by atoms with Gasteiger partial charge in [-0.25, -0.2) is 0 Å². The number of carbonyl (C=O) groups excluding carboxylic acids is 1. The third kappa shape index (κ3) is 5.73. The molecule has 34 heavy (non-hydrogen) atoms. The Kier molecular flexibility index (Phi) is 8.81. The lowest BCUT2D eigenvalue weighted by atomic mass is 9.51. The van der Waals surface area contributed by atoms with Crippen LogP contribution in [0.1, 0.15) is 128 Å². The van der Waals surface area contributed by atoms with Gasteiger partial charge in [0.25, 0.3) is 0 Å². The van der Waals surface area contributed by atoms with Crippen molar-refractivity contribution in [3.05, 3.63) is 35.4 Å². The van der Waals surface area contributed by atoms with Gasteiger partial charge in [-0.1, -0.05) is 76.1 Å². The third-order valence-electron chi connectivity index (χ3n) is 10.2. The summed E-state index contributed by atoms with van der Waals surface area (Å²) in [6, 6.07) is 9.78. The molecule has 1 amide bonds. The first-order valence-electron chi connectivity index (χ1n) is 14.7. The maximum absolute atomic E-state index is 12.1. The smallest absolute Gasteiger partial charge is 0.222 e. The number of benzene rings is 1. The van der Waals surface area contributed by atoms with Crippen molar-refractivity contribution in [3.63, 3.8) is 0 Å². The molecule has 2 heteroatoms.